The molecule has 2 aliphatic heterocycles. The number of aromatic nitrogens is 2. The van der Waals surface area contributed by atoms with Crippen molar-refractivity contribution >= 4 is 23.4 Å². The van der Waals surface area contributed by atoms with Gasteiger partial charge in [-0.25, -0.2) is 14.6 Å². The third-order valence-corrected chi connectivity index (χ3v) is 8.08. The number of amides is 1. The van der Waals surface area contributed by atoms with Crippen LogP contribution in [0.15, 0.2) is 36.7 Å². The van der Waals surface area contributed by atoms with Gasteiger partial charge in [0.15, 0.2) is 0 Å². The second-order valence-corrected chi connectivity index (χ2v) is 12.7. The van der Waals surface area contributed by atoms with E-state index in [0.29, 0.717) is 45.0 Å². The van der Waals surface area contributed by atoms with Crippen molar-refractivity contribution in [2.75, 3.05) is 57.4 Å². The highest BCUT2D eigenvalue weighted by molar-refractivity contribution is 5.93. The van der Waals surface area contributed by atoms with Gasteiger partial charge in [0.1, 0.15) is 11.4 Å². The largest absolute Gasteiger partial charge is 0.459 e. The predicted molar refractivity (Wildman–Crippen MR) is 167 cm³/mol. The lowest BCUT2D eigenvalue weighted by Crippen LogP contribution is -2.50. The molecule has 3 aromatic heterocycles. The number of carbonyl (C=O) groups is 2. The topological polar surface area (TPSA) is 88.8 Å². The third-order valence-electron chi connectivity index (χ3n) is 8.08. The standard InChI is InChI=1S/C33H45N5O5/c1-22(2)42-31(39)28-19-27-18-26(21-38(27)30(23(28)3)24(4)35-14-16-41-17-15-35)25-8-9-29(34-20-25)36-10-12-37(13-11-36)32(40)43-33(5,6)7/h8-9,18-22,24H,10-17H2,1-7H3. The summed E-state index contributed by atoms with van der Waals surface area (Å²) in [6.07, 6.45) is 3.57. The number of hydrogen-bond acceptors (Lipinski definition) is 8. The maximum atomic E-state index is 13.1. The van der Waals surface area contributed by atoms with Crippen LogP contribution in [0.2, 0.25) is 0 Å². The van der Waals surface area contributed by atoms with E-state index >= 15 is 0 Å². The van der Waals surface area contributed by atoms with Gasteiger partial charge in [-0.1, -0.05) is 0 Å². The molecular formula is C33H45N5O5. The Bertz CT molecular complexity index is 1450. The lowest BCUT2D eigenvalue weighted by Gasteiger charge is -2.36. The van der Waals surface area contributed by atoms with Gasteiger partial charge in [-0.3, -0.25) is 4.90 Å². The average Bonchev–Trinajstić information content (AvgIpc) is 3.39. The number of morpholine rings is 1. The fraction of sp³-hybridized carbons (Fsp3) is 0.545. The Morgan fingerprint density at radius 1 is 0.953 bits per heavy atom. The van der Waals surface area contributed by atoms with Crippen LogP contribution in [0.5, 0.6) is 0 Å². The molecule has 43 heavy (non-hydrogen) atoms. The minimum atomic E-state index is -0.505. The number of rotatable bonds is 6. The number of piperazine rings is 1. The molecule has 0 aliphatic carbocycles. The van der Waals surface area contributed by atoms with Crippen LogP contribution in [0.25, 0.3) is 16.6 Å². The number of pyridine rings is 2. The van der Waals surface area contributed by atoms with Gasteiger partial charge in [0.05, 0.1) is 24.9 Å². The second-order valence-electron chi connectivity index (χ2n) is 12.7. The van der Waals surface area contributed by atoms with E-state index in [0.717, 1.165) is 46.8 Å². The number of esters is 1. The molecule has 5 heterocycles. The van der Waals surface area contributed by atoms with Crippen molar-refractivity contribution in [3.63, 3.8) is 0 Å². The maximum absolute atomic E-state index is 13.1. The second kappa shape index (κ2) is 12.5. The van der Waals surface area contributed by atoms with Crippen LogP contribution in [0.1, 0.15) is 69.2 Å². The monoisotopic (exact) mass is 591 g/mol. The van der Waals surface area contributed by atoms with Gasteiger partial charge in [-0.15, -0.1) is 0 Å². The highest BCUT2D eigenvalue weighted by Crippen LogP contribution is 2.33. The molecule has 2 fully saturated rings. The molecule has 0 saturated carbocycles. The number of anilines is 1. The van der Waals surface area contributed by atoms with Gasteiger partial charge in [0.25, 0.3) is 0 Å². The fourth-order valence-electron chi connectivity index (χ4n) is 5.86. The van der Waals surface area contributed by atoms with Crippen LogP contribution in [0.3, 0.4) is 0 Å². The first-order chi connectivity index (χ1) is 20.4. The number of fused-ring (bicyclic) bond motifs is 1. The van der Waals surface area contributed by atoms with Crippen LogP contribution in [-0.4, -0.2) is 95.4 Å². The van der Waals surface area contributed by atoms with Gasteiger partial charge in [0.2, 0.25) is 0 Å². The van der Waals surface area contributed by atoms with E-state index < -0.39 is 5.60 Å². The Labute approximate surface area is 254 Å². The summed E-state index contributed by atoms with van der Waals surface area (Å²) >= 11 is 0. The molecule has 0 N–H and O–H groups in total. The molecule has 10 nitrogen and oxygen atoms in total. The predicted octanol–water partition coefficient (Wildman–Crippen LogP) is 5.33. The molecular weight excluding hydrogens is 546 g/mol. The molecule has 1 amide bonds. The number of hydrogen-bond donors (Lipinski definition) is 0. The molecule has 3 aromatic rings. The van der Waals surface area contributed by atoms with E-state index in [-0.39, 0.29) is 24.2 Å². The molecule has 0 spiro atoms. The molecule has 2 aliphatic rings. The zero-order valence-corrected chi connectivity index (χ0v) is 26.6. The van der Waals surface area contributed by atoms with Crippen molar-refractivity contribution in [1.29, 1.82) is 0 Å². The Kier molecular flexibility index (Phi) is 8.99. The molecule has 1 unspecified atom stereocenters. The SMILES string of the molecule is Cc1c(C(=O)OC(C)C)cc2cc(-c3ccc(N4CCN(C(=O)OC(C)(C)C)CC4)nc3)cn2c1C(C)N1CCOCC1. The lowest BCUT2D eigenvalue weighted by atomic mass is 10.0. The average molecular weight is 592 g/mol. The van der Waals surface area contributed by atoms with Gasteiger partial charge in [-0.05, 0) is 78.3 Å². The van der Waals surface area contributed by atoms with E-state index in [4.69, 9.17) is 19.2 Å². The van der Waals surface area contributed by atoms with Crippen molar-refractivity contribution in [2.45, 2.75) is 66.2 Å². The molecule has 5 rings (SSSR count). The summed E-state index contributed by atoms with van der Waals surface area (Å²) in [6.45, 7) is 19.3. The van der Waals surface area contributed by atoms with Crippen molar-refractivity contribution < 1.29 is 23.8 Å². The maximum Gasteiger partial charge on any atom is 0.410 e. The molecule has 1 atom stereocenters. The zero-order valence-electron chi connectivity index (χ0n) is 26.6. The summed E-state index contributed by atoms with van der Waals surface area (Å²) in [5.74, 6) is 0.582. The lowest BCUT2D eigenvalue weighted by molar-refractivity contribution is 0.0186. The number of carbonyl (C=O) groups excluding carboxylic acids is 2. The first kappa shape index (κ1) is 30.8. The third kappa shape index (κ3) is 6.96. The van der Waals surface area contributed by atoms with Crippen LogP contribution in [0.4, 0.5) is 10.6 Å². The summed E-state index contributed by atoms with van der Waals surface area (Å²) < 4.78 is 19.0. The smallest absolute Gasteiger partial charge is 0.410 e. The Morgan fingerprint density at radius 2 is 1.65 bits per heavy atom. The summed E-state index contributed by atoms with van der Waals surface area (Å²) in [7, 11) is 0. The number of ether oxygens (including phenoxy) is 3. The quantitative estimate of drug-likeness (QED) is 0.356. The summed E-state index contributed by atoms with van der Waals surface area (Å²) in [4.78, 5) is 36.7. The summed E-state index contributed by atoms with van der Waals surface area (Å²) in [5.41, 5.74) is 5.06. The van der Waals surface area contributed by atoms with Crippen molar-refractivity contribution in [1.82, 2.24) is 19.2 Å². The van der Waals surface area contributed by atoms with E-state index in [2.05, 4.69) is 39.5 Å². The van der Waals surface area contributed by atoms with Crippen LogP contribution < -0.4 is 4.90 Å². The van der Waals surface area contributed by atoms with Crippen molar-refractivity contribution in [3.05, 3.63) is 53.5 Å². The highest BCUT2D eigenvalue weighted by Gasteiger charge is 2.28. The minimum Gasteiger partial charge on any atom is -0.459 e. The minimum absolute atomic E-state index is 0.0818. The van der Waals surface area contributed by atoms with Gasteiger partial charge < -0.3 is 28.4 Å². The van der Waals surface area contributed by atoms with Crippen LogP contribution >= 0.6 is 0 Å². The molecule has 2 saturated heterocycles. The van der Waals surface area contributed by atoms with Crippen molar-refractivity contribution in [2.24, 2.45) is 0 Å². The van der Waals surface area contributed by atoms with E-state index in [9.17, 15) is 9.59 Å². The molecule has 10 heteroatoms. The Hall–Kier alpha value is -3.63. The first-order valence-corrected chi connectivity index (χ1v) is 15.3. The number of nitrogens with zero attached hydrogens (tertiary/aromatic N) is 5. The zero-order chi connectivity index (χ0) is 30.9. The van der Waals surface area contributed by atoms with E-state index in [1.54, 1.807) is 4.90 Å². The molecule has 0 bridgehead atoms. The van der Waals surface area contributed by atoms with E-state index in [1.165, 1.54) is 0 Å². The van der Waals surface area contributed by atoms with Gasteiger partial charge >= 0.3 is 12.1 Å². The van der Waals surface area contributed by atoms with Crippen LogP contribution in [-0.2, 0) is 14.2 Å². The van der Waals surface area contributed by atoms with Gasteiger partial charge in [-0.2, -0.15) is 0 Å². The molecule has 0 radical (unpaired) electrons. The Balaban J connectivity index is 1.40. The summed E-state index contributed by atoms with van der Waals surface area (Å²) in [6, 6.07) is 8.25. The highest BCUT2D eigenvalue weighted by atomic mass is 16.6. The molecule has 0 aromatic carbocycles. The summed E-state index contributed by atoms with van der Waals surface area (Å²) in [5, 5.41) is 0. The fourth-order valence-corrected chi connectivity index (χ4v) is 5.86. The Morgan fingerprint density at radius 3 is 2.26 bits per heavy atom. The first-order valence-electron chi connectivity index (χ1n) is 15.3. The van der Waals surface area contributed by atoms with Gasteiger partial charge in [0, 0.05) is 80.0 Å². The molecule has 232 valence electrons. The van der Waals surface area contributed by atoms with Crippen molar-refractivity contribution in [3.8, 4) is 11.1 Å². The van der Waals surface area contributed by atoms with E-state index in [1.807, 2.05) is 59.9 Å². The normalized spacial score (nSPS) is 17.4. The van der Waals surface area contributed by atoms with Crippen LogP contribution in [0, 0.1) is 6.92 Å².